The zero-order valence-electron chi connectivity index (χ0n) is 18.2. The molecule has 0 radical (unpaired) electrons. The molecule has 0 saturated heterocycles. The van der Waals surface area contributed by atoms with Gasteiger partial charge in [-0.15, -0.1) is 0 Å². The van der Waals surface area contributed by atoms with Gasteiger partial charge in [-0.05, 0) is 67.1 Å². The molecule has 0 spiro atoms. The first-order valence-corrected chi connectivity index (χ1v) is 12.0. The van der Waals surface area contributed by atoms with Crippen LogP contribution < -0.4 is 4.83 Å². The van der Waals surface area contributed by atoms with E-state index in [0.29, 0.717) is 0 Å². The van der Waals surface area contributed by atoms with Gasteiger partial charge in [-0.25, -0.2) is 4.83 Å². The van der Waals surface area contributed by atoms with Crippen LogP contribution in [0.5, 0.6) is 0 Å². The summed E-state index contributed by atoms with van der Waals surface area (Å²) in [6.07, 6.45) is 3.32. The van der Waals surface area contributed by atoms with Crippen LogP contribution >= 0.6 is 0 Å². The van der Waals surface area contributed by atoms with Gasteiger partial charge in [0.05, 0.1) is 16.6 Å². The van der Waals surface area contributed by atoms with Gasteiger partial charge in [-0.2, -0.15) is 13.5 Å². The van der Waals surface area contributed by atoms with Crippen molar-refractivity contribution in [3.63, 3.8) is 0 Å². The first-order valence-electron chi connectivity index (χ1n) is 10.5. The van der Waals surface area contributed by atoms with Crippen LogP contribution in [-0.4, -0.2) is 24.2 Å². The zero-order chi connectivity index (χ0) is 23.0. The third-order valence-corrected chi connectivity index (χ3v) is 6.94. The molecule has 7 heteroatoms. The Morgan fingerprint density at radius 1 is 0.879 bits per heavy atom. The van der Waals surface area contributed by atoms with E-state index >= 15 is 0 Å². The lowest BCUT2D eigenvalue weighted by atomic mass is 10.1. The maximum Gasteiger partial charge on any atom is 0.276 e. The number of pyridine rings is 1. The number of benzene rings is 3. The van der Waals surface area contributed by atoms with E-state index in [-0.39, 0.29) is 4.90 Å². The van der Waals surface area contributed by atoms with Crippen molar-refractivity contribution in [1.82, 2.24) is 14.4 Å². The number of nitrogens with one attached hydrogen (secondary N) is 1. The van der Waals surface area contributed by atoms with Crippen LogP contribution in [-0.2, 0) is 10.0 Å². The second kappa shape index (κ2) is 8.18. The molecule has 6 nitrogen and oxygen atoms in total. The van der Waals surface area contributed by atoms with Gasteiger partial charge in [-0.3, -0.25) is 4.98 Å². The van der Waals surface area contributed by atoms with Crippen molar-refractivity contribution in [3.8, 4) is 5.69 Å². The molecular formula is C26H22N4O2S. The Morgan fingerprint density at radius 2 is 1.67 bits per heavy atom. The Morgan fingerprint density at radius 3 is 2.52 bits per heavy atom. The number of fused-ring (bicyclic) bond motifs is 2. The van der Waals surface area contributed by atoms with Gasteiger partial charge in [0.15, 0.2) is 0 Å². The summed E-state index contributed by atoms with van der Waals surface area (Å²) < 4.78 is 27.6. The van der Waals surface area contributed by atoms with Gasteiger partial charge in [0, 0.05) is 34.2 Å². The third-order valence-electron chi connectivity index (χ3n) is 5.72. The number of aryl methyl sites for hydroxylation is 1. The number of nitrogens with zero attached hydrogens (tertiary/aromatic N) is 3. The molecule has 0 aliphatic carbocycles. The number of aromatic nitrogens is 2. The molecule has 0 atom stereocenters. The molecule has 164 valence electrons. The van der Waals surface area contributed by atoms with E-state index in [0.717, 1.165) is 44.3 Å². The van der Waals surface area contributed by atoms with E-state index in [9.17, 15) is 8.42 Å². The minimum absolute atomic E-state index is 0.175. The quantitative estimate of drug-likeness (QED) is 0.296. The van der Waals surface area contributed by atoms with Crippen molar-refractivity contribution >= 4 is 37.9 Å². The van der Waals surface area contributed by atoms with Crippen LogP contribution in [0.2, 0.25) is 0 Å². The molecule has 0 unspecified atom stereocenters. The van der Waals surface area contributed by atoms with Crippen molar-refractivity contribution in [2.45, 2.75) is 18.7 Å². The summed E-state index contributed by atoms with van der Waals surface area (Å²) in [5.41, 5.74) is 4.77. The fourth-order valence-corrected chi connectivity index (χ4v) is 4.90. The van der Waals surface area contributed by atoms with Crippen LogP contribution in [0.1, 0.15) is 17.0 Å². The van der Waals surface area contributed by atoms with E-state index in [1.807, 2.05) is 68.4 Å². The predicted octanol–water partition coefficient (Wildman–Crippen LogP) is 5.11. The Kier molecular flexibility index (Phi) is 5.18. The maximum atomic E-state index is 12.7. The van der Waals surface area contributed by atoms with Crippen molar-refractivity contribution in [2.75, 3.05) is 0 Å². The van der Waals surface area contributed by atoms with Gasteiger partial charge < -0.3 is 4.57 Å². The van der Waals surface area contributed by atoms with E-state index in [2.05, 4.69) is 25.5 Å². The highest BCUT2D eigenvalue weighted by Gasteiger charge is 2.14. The number of rotatable bonds is 5. The molecule has 0 aliphatic rings. The highest BCUT2D eigenvalue weighted by molar-refractivity contribution is 7.89. The van der Waals surface area contributed by atoms with Crippen molar-refractivity contribution < 1.29 is 8.42 Å². The van der Waals surface area contributed by atoms with Crippen molar-refractivity contribution in [1.29, 1.82) is 0 Å². The average Bonchev–Trinajstić information content (AvgIpc) is 3.11. The second-order valence-electron chi connectivity index (χ2n) is 7.90. The molecule has 5 aromatic rings. The Bertz CT molecular complexity index is 1640. The normalized spacial score (nSPS) is 12.1. The van der Waals surface area contributed by atoms with Crippen LogP contribution in [0, 0.1) is 13.8 Å². The van der Waals surface area contributed by atoms with Gasteiger partial charge >= 0.3 is 0 Å². The second-order valence-corrected chi connectivity index (χ2v) is 9.57. The molecule has 1 N–H and O–H groups in total. The lowest BCUT2D eigenvalue weighted by Gasteiger charge is -2.10. The van der Waals surface area contributed by atoms with Crippen LogP contribution in [0.15, 0.2) is 95.1 Å². The third kappa shape index (κ3) is 3.99. The molecule has 2 aromatic heterocycles. The minimum atomic E-state index is -3.78. The van der Waals surface area contributed by atoms with Crippen LogP contribution in [0.25, 0.3) is 27.4 Å². The summed E-state index contributed by atoms with van der Waals surface area (Å²) in [5.74, 6) is 0. The molecular weight excluding hydrogens is 432 g/mol. The molecule has 2 heterocycles. The zero-order valence-corrected chi connectivity index (χ0v) is 19.0. The molecule has 0 bridgehead atoms. The van der Waals surface area contributed by atoms with Gasteiger partial charge in [0.1, 0.15) is 0 Å². The lowest BCUT2D eigenvalue weighted by Crippen LogP contribution is -2.18. The molecule has 0 saturated carbocycles. The summed E-state index contributed by atoms with van der Waals surface area (Å²) >= 11 is 0. The Hall–Kier alpha value is -3.97. The molecule has 0 fully saturated rings. The molecule has 33 heavy (non-hydrogen) atoms. The first-order chi connectivity index (χ1) is 15.9. The van der Waals surface area contributed by atoms with E-state index in [1.165, 1.54) is 0 Å². The highest BCUT2D eigenvalue weighted by atomic mass is 32.2. The molecule has 0 amide bonds. The number of hydrazone groups is 1. The molecule has 3 aromatic carbocycles. The topological polar surface area (TPSA) is 76.3 Å². The first kappa shape index (κ1) is 20.9. The summed E-state index contributed by atoms with van der Waals surface area (Å²) in [7, 11) is -3.78. The summed E-state index contributed by atoms with van der Waals surface area (Å²) in [5, 5.41) is 6.94. The predicted molar refractivity (Wildman–Crippen MR) is 132 cm³/mol. The summed E-state index contributed by atoms with van der Waals surface area (Å²) in [6.45, 7) is 4.00. The number of hydrogen-bond donors (Lipinski definition) is 1. The standard InChI is InChI=1S/C26H22N4O2S/c1-18-14-23(19(2)30(18)24-10-12-26-22(15-24)8-5-13-27-26)17-28-29-33(31,32)25-11-9-20-6-3-4-7-21(20)16-25/h3-17,29H,1-2H3/b28-17+. The largest absolute Gasteiger partial charge is 0.318 e. The van der Waals surface area contributed by atoms with E-state index < -0.39 is 10.0 Å². The monoisotopic (exact) mass is 454 g/mol. The van der Waals surface area contributed by atoms with Gasteiger partial charge in [-0.1, -0.05) is 36.4 Å². The minimum Gasteiger partial charge on any atom is -0.318 e. The van der Waals surface area contributed by atoms with E-state index in [4.69, 9.17) is 0 Å². The highest BCUT2D eigenvalue weighted by Crippen LogP contribution is 2.23. The Labute approximate surface area is 192 Å². The average molecular weight is 455 g/mol. The summed E-state index contributed by atoms with van der Waals surface area (Å²) in [4.78, 5) is 6.88. The van der Waals surface area contributed by atoms with Crippen molar-refractivity contribution in [3.05, 3.63) is 102 Å². The van der Waals surface area contributed by atoms with Gasteiger partial charge in [0.25, 0.3) is 10.0 Å². The fourth-order valence-electron chi connectivity index (χ4n) is 4.07. The number of hydrogen-bond acceptors (Lipinski definition) is 4. The lowest BCUT2D eigenvalue weighted by molar-refractivity contribution is 0.585. The smallest absolute Gasteiger partial charge is 0.276 e. The van der Waals surface area contributed by atoms with Crippen molar-refractivity contribution in [2.24, 2.45) is 5.10 Å². The van der Waals surface area contributed by atoms with Crippen LogP contribution in [0.3, 0.4) is 0 Å². The number of sulfonamides is 1. The fraction of sp³-hybridized carbons (Fsp3) is 0.0769. The summed E-state index contributed by atoms with van der Waals surface area (Å²) in [6, 6.07) is 24.7. The molecule has 5 rings (SSSR count). The van der Waals surface area contributed by atoms with Crippen LogP contribution in [0.4, 0.5) is 0 Å². The SMILES string of the molecule is Cc1cc(/C=N/NS(=O)(=O)c2ccc3ccccc3c2)c(C)n1-c1ccc2ncccc2c1. The van der Waals surface area contributed by atoms with E-state index in [1.54, 1.807) is 30.6 Å². The molecule has 0 aliphatic heterocycles. The maximum absolute atomic E-state index is 12.7. The van der Waals surface area contributed by atoms with Gasteiger partial charge in [0.2, 0.25) is 0 Å². The Balaban J connectivity index is 1.41.